The topological polar surface area (TPSA) is 64.9 Å². The van der Waals surface area contributed by atoms with Gasteiger partial charge >= 0.3 is 0 Å². The number of hydrogen-bond acceptors (Lipinski definition) is 4. The van der Waals surface area contributed by atoms with Crippen molar-refractivity contribution in [1.82, 2.24) is 10.1 Å². The van der Waals surface area contributed by atoms with Gasteiger partial charge in [-0.05, 0) is 48.9 Å². The normalized spacial score (nSPS) is 10.8. The van der Waals surface area contributed by atoms with Crippen molar-refractivity contribution in [3.63, 3.8) is 0 Å². The summed E-state index contributed by atoms with van der Waals surface area (Å²) in [6.45, 7) is 1.96. The second-order valence-corrected chi connectivity index (χ2v) is 5.53. The van der Waals surface area contributed by atoms with E-state index in [9.17, 15) is 4.39 Å². The van der Waals surface area contributed by atoms with Crippen LogP contribution in [-0.4, -0.2) is 10.1 Å². The van der Waals surface area contributed by atoms with E-state index in [1.165, 1.54) is 12.1 Å². The monoisotopic (exact) mass is 347 g/mol. The molecule has 0 aliphatic heterocycles. The van der Waals surface area contributed by atoms with Crippen LogP contribution in [0.2, 0.25) is 0 Å². The van der Waals surface area contributed by atoms with Crippen LogP contribution in [0.3, 0.4) is 0 Å². The smallest absolute Gasteiger partial charge is 0.258 e. The Bertz CT molecular complexity index is 816. The molecule has 0 saturated carbocycles. The molecule has 4 nitrogen and oxygen atoms in total. The molecule has 2 aromatic carbocycles. The molecule has 0 bridgehead atoms. The van der Waals surface area contributed by atoms with Crippen LogP contribution in [0.25, 0.3) is 22.8 Å². The van der Waals surface area contributed by atoms with Gasteiger partial charge in [0.05, 0.1) is 5.69 Å². The van der Waals surface area contributed by atoms with Crippen LogP contribution in [0.15, 0.2) is 45.4 Å². The number of halogens is 2. The molecule has 0 unspecified atom stereocenters. The minimum absolute atomic E-state index is 0.0854. The molecular formula is C15H11BrFN3O. The highest BCUT2D eigenvalue weighted by molar-refractivity contribution is 9.10. The number of nitrogen functional groups attached to an aromatic ring is 1. The van der Waals surface area contributed by atoms with Gasteiger partial charge in [0.25, 0.3) is 5.89 Å². The first kappa shape index (κ1) is 13.8. The lowest BCUT2D eigenvalue weighted by atomic mass is 10.1. The van der Waals surface area contributed by atoms with Gasteiger partial charge in [0.2, 0.25) is 5.82 Å². The summed E-state index contributed by atoms with van der Waals surface area (Å²) < 4.78 is 19.7. The van der Waals surface area contributed by atoms with E-state index in [0.717, 1.165) is 15.6 Å². The Morgan fingerprint density at radius 3 is 2.71 bits per heavy atom. The number of benzene rings is 2. The first-order chi connectivity index (χ1) is 10.0. The van der Waals surface area contributed by atoms with Crippen molar-refractivity contribution in [2.45, 2.75) is 6.92 Å². The predicted molar refractivity (Wildman–Crippen MR) is 82.0 cm³/mol. The van der Waals surface area contributed by atoms with E-state index < -0.39 is 5.82 Å². The van der Waals surface area contributed by atoms with Crippen LogP contribution in [0.4, 0.5) is 10.1 Å². The van der Waals surface area contributed by atoms with Crippen LogP contribution in [-0.2, 0) is 0 Å². The molecule has 0 saturated heterocycles. The molecular weight excluding hydrogens is 337 g/mol. The summed E-state index contributed by atoms with van der Waals surface area (Å²) in [4.78, 5) is 4.31. The SMILES string of the molecule is Cc1cc(Br)ccc1-c1noc(-c2ccc(N)c(F)c2)n1. The van der Waals surface area contributed by atoms with Crippen molar-refractivity contribution in [2.75, 3.05) is 5.73 Å². The second-order valence-electron chi connectivity index (χ2n) is 4.62. The number of hydrogen-bond donors (Lipinski definition) is 1. The van der Waals surface area contributed by atoms with Gasteiger partial charge in [0.15, 0.2) is 0 Å². The summed E-state index contributed by atoms with van der Waals surface area (Å²) in [5.41, 5.74) is 7.91. The molecule has 2 N–H and O–H groups in total. The molecule has 3 aromatic rings. The zero-order chi connectivity index (χ0) is 15.0. The number of nitrogens with two attached hydrogens (primary N) is 1. The van der Waals surface area contributed by atoms with Gasteiger partial charge in [-0.1, -0.05) is 21.1 Å². The van der Waals surface area contributed by atoms with Crippen LogP contribution in [0, 0.1) is 12.7 Å². The van der Waals surface area contributed by atoms with E-state index in [1.54, 1.807) is 6.07 Å². The number of aromatic nitrogens is 2. The number of aryl methyl sites for hydroxylation is 1. The number of rotatable bonds is 2. The van der Waals surface area contributed by atoms with E-state index in [0.29, 0.717) is 11.4 Å². The van der Waals surface area contributed by atoms with Crippen LogP contribution in [0.1, 0.15) is 5.56 Å². The molecule has 1 aromatic heterocycles. The zero-order valence-electron chi connectivity index (χ0n) is 11.1. The van der Waals surface area contributed by atoms with Crippen molar-refractivity contribution >= 4 is 21.6 Å². The maximum absolute atomic E-state index is 13.5. The molecule has 3 rings (SSSR count). The molecule has 0 aliphatic rings. The molecule has 0 spiro atoms. The Morgan fingerprint density at radius 1 is 1.19 bits per heavy atom. The summed E-state index contributed by atoms with van der Waals surface area (Å²) in [5, 5.41) is 3.95. The molecule has 0 radical (unpaired) electrons. The highest BCUT2D eigenvalue weighted by Gasteiger charge is 2.13. The summed E-state index contributed by atoms with van der Waals surface area (Å²) in [7, 11) is 0. The fourth-order valence-electron chi connectivity index (χ4n) is 1.99. The molecule has 0 fully saturated rings. The van der Waals surface area contributed by atoms with Crippen molar-refractivity contribution in [1.29, 1.82) is 0 Å². The van der Waals surface area contributed by atoms with E-state index in [1.807, 2.05) is 25.1 Å². The van der Waals surface area contributed by atoms with Gasteiger partial charge < -0.3 is 10.3 Å². The number of nitrogens with zero attached hydrogens (tertiary/aromatic N) is 2. The number of anilines is 1. The first-order valence-corrected chi connectivity index (χ1v) is 6.99. The van der Waals surface area contributed by atoms with Gasteiger partial charge in [0, 0.05) is 15.6 Å². The lowest BCUT2D eigenvalue weighted by molar-refractivity contribution is 0.432. The van der Waals surface area contributed by atoms with Gasteiger partial charge in [-0.3, -0.25) is 0 Å². The molecule has 21 heavy (non-hydrogen) atoms. The highest BCUT2D eigenvalue weighted by atomic mass is 79.9. The Hall–Kier alpha value is -2.21. The molecule has 1 heterocycles. The largest absolute Gasteiger partial charge is 0.396 e. The van der Waals surface area contributed by atoms with Gasteiger partial charge in [-0.25, -0.2) is 4.39 Å². The molecule has 6 heteroatoms. The fourth-order valence-corrected chi connectivity index (χ4v) is 2.46. The summed E-state index contributed by atoms with van der Waals surface area (Å²) in [6.07, 6.45) is 0. The minimum atomic E-state index is -0.507. The molecule has 0 amide bonds. The highest BCUT2D eigenvalue weighted by Crippen LogP contribution is 2.27. The van der Waals surface area contributed by atoms with Crippen molar-refractivity contribution in [2.24, 2.45) is 0 Å². The standard InChI is InChI=1S/C15H11BrFN3O/c1-8-6-10(16)3-4-11(8)14-19-15(21-20-14)9-2-5-13(18)12(17)7-9/h2-7H,18H2,1H3. The average molecular weight is 348 g/mol. The third kappa shape index (κ3) is 2.67. The Kier molecular flexibility index (Phi) is 3.47. The first-order valence-electron chi connectivity index (χ1n) is 6.20. The zero-order valence-corrected chi connectivity index (χ0v) is 12.7. The van der Waals surface area contributed by atoms with Gasteiger partial charge in [-0.2, -0.15) is 4.98 Å². The summed E-state index contributed by atoms with van der Waals surface area (Å²) in [5.74, 6) is 0.213. The third-order valence-electron chi connectivity index (χ3n) is 3.10. The fraction of sp³-hybridized carbons (Fsp3) is 0.0667. The van der Waals surface area contributed by atoms with Gasteiger partial charge in [-0.15, -0.1) is 0 Å². The lowest BCUT2D eigenvalue weighted by Gasteiger charge is -2.00. The van der Waals surface area contributed by atoms with E-state index in [4.69, 9.17) is 10.3 Å². The minimum Gasteiger partial charge on any atom is -0.396 e. The average Bonchev–Trinajstić information content (AvgIpc) is 2.91. The maximum atomic E-state index is 13.5. The summed E-state index contributed by atoms with van der Waals surface area (Å²) >= 11 is 3.41. The van der Waals surface area contributed by atoms with Crippen molar-refractivity contribution < 1.29 is 8.91 Å². The molecule has 0 aliphatic carbocycles. The van der Waals surface area contributed by atoms with Crippen molar-refractivity contribution in [3.8, 4) is 22.8 Å². The maximum Gasteiger partial charge on any atom is 0.258 e. The Morgan fingerprint density at radius 2 is 2.00 bits per heavy atom. The lowest BCUT2D eigenvalue weighted by Crippen LogP contribution is -1.90. The molecule has 0 atom stereocenters. The molecule has 106 valence electrons. The Balaban J connectivity index is 2.01. The predicted octanol–water partition coefficient (Wildman–Crippen LogP) is 4.20. The third-order valence-corrected chi connectivity index (χ3v) is 3.60. The van der Waals surface area contributed by atoms with Crippen LogP contribution in [0.5, 0.6) is 0 Å². The van der Waals surface area contributed by atoms with E-state index >= 15 is 0 Å². The second kappa shape index (κ2) is 5.29. The van der Waals surface area contributed by atoms with E-state index in [-0.39, 0.29) is 11.6 Å². The quantitative estimate of drug-likeness (QED) is 0.705. The van der Waals surface area contributed by atoms with E-state index in [2.05, 4.69) is 26.1 Å². The van der Waals surface area contributed by atoms with Gasteiger partial charge in [0.1, 0.15) is 5.82 Å². The van der Waals surface area contributed by atoms with Crippen LogP contribution >= 0.6 is 15.9 Å². The summed E-state index contributed by atoms with van der Waals surface area (Å²) in [6, 6.07) is 10.2. The van der Waals surface area contributed by atoms with Crippen molar-refractivity contribution in [3.05, 3.63) is 52.3 Å². The Labute approximate surface area is 128 Å². The van der Waals surface area contributed by atoms with Crippen LogP contribution < -0.4 is 5.73 Å².